The van der Waals surface area contributed by atoms with Gasteiger partial charge in [-0.15, -0.1) is 0 Å². The van der Waals surface area contributed by atoms with Crippen LogP contribution < -0.4 is 9.80 Å². The zero-order valence-corrected chi connectivity index (χ0v) is 29.1. The van der Waals surface area contributed by atoms with Crippen LogP contribution in [0.2, 0.25) is 0 Å². The van der Waals surface area contributed by atoms with Crippen molar-refractivity contribution in [3.63, 3.8) is 0 Å². The fourth-order valence-electron chi connectivity index (χ4n) is 8.31. The van der Waals surface area contributed by atoms with Crippen LogP contribution >= 0.6 is 0 Å². The highest BCUT2D eigenvalue weighted by Gasteiger charge is 2.40. The van der Waals surface area contributed by atoms with Crippen molar-refractivity contribution in [1.29, 1.82) is 5.26 Å². The molecule has 8 heteroatoms. The molecule has 0 spiro atoms. The van der Waals surface area contributed by atoms with Crippen molar-refractivity contribution in [3.05, 3.63) is 129 Å². The first kappa shape index (κ1) is 33.1. The number of hydrogen-bond donors (Lipinski definition) is 0. The summed E-state index contributed by atoms with van der Waals surface area (Å²) in [5.41, 5.74) is 8.85. The molecule has 3 aliphatic rings. The van der Waals surface area contributed by atoms with Crippen LogP contribution in [0.1, 0.15) is 71.7 Å². The Labute approximate surface area is 294 Å². The SMILES string of the molecule is Cc1cc(C)c(C(=O)N2CCN(c3ccccc3)C(CN3C(=O)c4ccccc4C3=O)C2)c(C)c1CC1CCN(c2ccccc2C#N)CC1. The lowest BCUT2D eigenvalue weighted by Gasteiger charge is -2.44. The molecule has 2 saturated heterocycles. The Hall–Kier alpha value is -5.42. The lowest BCUT2D eigenvalue weighted by Crippen LogP contribution is -2.59. The Balaban J connectivity index is 1.10. The molecule has 0 N–H and O–H groups in total. The summed E-state index contributed by atoms with van der Waals surface area (Å²) in [7, 11) is 0. The number of piperidine rings is 1. The van der Waals surface area contributed by atoms with Crippen molar-refractivity contribution >= 4 is 29.1 Å². The van der Waals surface area contributed by atoms with Crippen molar-refractivity contribution in [3.8, 4) is 6.07 Å². The summed E-state index contributed by atoms with van der Waals surface area (Å²) < 4.78 is 0. The highest BCUT2D eigenvalue weighted by atomic mass is 16.2. The number of para-hydroxylation sites is 2. The predicted octanol–water partition coefficient (Wildman–Crippen LogP) is 6.57. The first-order valence-corrected chi connectivity index (χ1v) is 17.6. The van der Waals surface area contributed by atoms with Gasteiger partial charge in [-0.1, -0.05) is 48.5 Å². The lowest BCUT2D eigenvalue weighted by molar-refractivity contribution is 0.0611. The number of anilines is 2. The minimum atomic E-state index is -0.281. The van der Waals surface area contributed by atoms with Gasteiger partial charge in [0.05, 0.1) is 35.0 Å². The maximum absolute atomic E-state index is 14.5. The van der Waals surface area contributed by atoms with Crippen LogP contribution in [-0.2, 0) is 6.42 Å². The highest BCUT2D eigenvalue weighted by Crippen LogP contribution is 2.33. The number of benzene rings is 4. The number of rotatable bonds is 7. The molecule has 3 amide bonds. The summed E-state index contributed by atoms with van der Waals surface area (Å²) >= 11 is 0. The van der Waals surface area contributed by atoms with Gasteiger partial charge in [0.25, 0.3) is 17.7 Å². The molecule has 4 aromatic carbocycles. The third-order valence-electron chi connectivity index (χ3n) is 10.9. The van der Waals surface area contributed by atoms with Gasteiger partial charge in [-0.2, -0.15) is 5.26 Å². The summed E-state index contributed by atoms with van der Waals surface area (Å²) in [6.07, 6.45) is 2.96. The van der Waals surface area contributed by atoms with Crippen molar-refractivity contribution in [1.82, 2.24) is 9.80 Å². The molecule has 3 heterocycles. The average Bonchev–Trinajstić information content (AvgIpc) is 3.38. The molecule has 0 saturated carbocycles. The minimum Gasteiger partial charge on any atom is -0.370 e. The molecule has 1 atom stereocenters. The fourth-order valence-corrected chi connectivity index (χ4v) is 8.31. The number of piperazine rings is 1. The number of nitriles is 1. The molecule has 8 nitrogen and oxygen atoms in total. The molecule has 2 fully saturated rings. The number of nitrogens with zero attached hydrogens (tertiary/aromatic N) is 5. The lowest BCUT2D eigenvalue weighted by atomic mass is 9.83. The van der Waals surface area contributed by atoms with Gasteiger partial charge < -0.3 is 14.7 Å². The van der Waals surface area contributed by atoms with E-state index in [1.54, 1.807) is 24.3 Å². The average molecular weight is 666 g/mol. The van der Waals surface area contributed by atoms with E-state index in [2.05, 4.69) is 35.8 Å². The Morgan fingerprint density at radius 1 is 0.800 bits per heavy atom. The zero-order valence-electron chi connectivity index (χ0n) is 29.1. The van der Waals surface area contributed by atoms with E-state index in [1.807, 2.05) is 66.4 Å². The van der Waals surface area contributed by atoms with E-state index in [4.69, 9.17) is 0 Å². The van der Waals surface area contributed by atoms with E-state index < -0.39 is 0 Å². The van der Waals surface area contributed by atoms with E-state index in [0.29, 0.717) is 36.7 Å². The van der Waals surface area contributed by atoms with Crippen LogP contribution in [0.25, 0.3) is 0 Å². The number of carbonyl (C=O) groups is 3. The fraction of sp³-hybridized carbons (Fsp3) is 0.333. The Morgan fingerprint density at radius 2 is 1.44 bits per heavy atom. The monoisotopic (exact) mass is 665 g/mol. The summed E-state index contributed by atoms with van der Waals surface area (Å²) in [5, 5.41) is 9.60. The topological polar surface area (TPSA) is 88.0 Å². The standard InChI is InChI=1S/C42H43N5O3/c1-28-23-29(2)39(30(3)37(28)24-31-17-19-44(20-18-31)38-16-10-7-11-32(38)25-43)42(50)45-21-22-46(33-12-5-4-6-13-33)34(26-45)27-47-40(48)35-14-8-9-15-36(35)41(47)49/h4-16,23,31,34H,17-22,24,26-27H2,1-3H3. The Kier molecular flexibility index (Phi) is 9.16. The van der Waals surface area contributed by atoms with Crippen LogP contribution in [-0.4, -0.2) is 72.8 Å². The van der Waals surface area contributed by atoms with E-state index in [1.165, 1.54) is 16.0 Å². The first-order chi connectivity index (χ1) is 24.2. The predicted molar refractivity (Wildman–Crippen MR) is 196 cm³/mol. The molecule has 0 aliphatic carbocycles. The second kappa shape index (κ2) is 13.8. The van der Waals surface area contributed by atoms with E-state index in [0.717, 1.165) is 66.0 Å². The van der Waals surface area contributed by atoms with Gasteiger partial charge in [-0.3, -0.25) is 19.3 Å². The van der Waals surface area contributed by atoms with E-state index >= 15 is 0 Å². The molecule has 1 unspecified atom stereocenters. The molecule has 3 aliphatic heterocycles. The van der Waals surface area contributed by atoms with Gasteiger partial charge in [0.1, 0.15) is 6.07 Å². The molecular formula is C42H43N5O3. The van der Waals surface area contributed by atoms with Gasteiger partial charge in [0.2, 0.25) is 0 Å². The largest absolute Gasteiger partial charge is 0.370 e. The quantitative estimate of drug-likeness (QED) is 0.208. The minimum absolute atomic E-state index is 0.00394. The third kappa shape index (κ3) is 6.13. The third-order valence-corrected chi connectivity index (χ3v) is 10.9. The number of carbonyl (C=O) groups excluding carboxylic acids is 3. The van der Waals surface area contributed by atoms with Gasteiger partial charge in [-0.25, -0.2) is 0 Å². The molecule has 7 rings (SSSR count). The van der Waals surface area contributed by atoms with Gasteiger partial charge in [0.15, 0.2) is 0 Å². The summed E-state index contributed by atoms with van der Waals surface area (Å²) in [6, 6.07) is 29.1. The number of amides is 3. The van der Waals surface area contributed by atoms with Crippen LogP contribution in [0, 0.1) is 38.0 Å². The smallest absolute Gasteiger partial charge is 0.261 e. The number of aryl methyl sites for hydroxylation is 2. The Bertz CT molecular complexity index is 1960. The van der Waals surface area contributed by atoms with Crippen molar-refractivity contribution in [2.45, 2.75) is 46.1 Å². The van der Waals surface area contributed by atoms with Crippen LogP contribution in [0.5, 0.6) is 0 Å². The first-order valence-electron chi connectivity index (χ1n) is 17.6. The molecule has 4 aromatic rings. The Morgan fingerprint density at radius 3 is 2.12 bits per heavy atom. The van der Waals surface area contributed by atoms with Crippen LogP contribution in [0.3, 0.4) is 0 Å². The molecular weight excluding hydrogens is 622 g/mol. The van der Waals surface area contributed by atoms with E-state index in [-0.39, 0.29) is 30.3 Å². The maximum Gasteiger partial charge on any atom is 0.261 e. The molecule has 0 bridgehead atoms. The van der Waals surface area contributed by atoms with Gasteiger partial charge >= 0.3 is 0 Å². The second-order valence-corrected chi connectivity index (χ2v) is 14.0. The molecule has 50 heavy (non-hydrogen) atoms. The van der Waals surface area contributed by atoms with Crippen molar-refractivity contribution in [2.24, 2.45) is 5.92 Å². The number of fused-ring (bicyclic) bond motifs is 1. The maximum atomic E-state index is 14.5. The highest BCUT2D eigenvalue weighted by molar-refractivity contribution is 6.21. The number of imide groups is 1. The molecule has 0 radical (unpaired) electrons. The number of hydrogen-bond acceptors (Lipinski definition) is 6. The second-order valence-electron chi connectivity index (χ2n) is 14.0. The summed E-state index contributed by atoms with van der Waals surface area (Å²) in [6.45, 7) is 9.80. The van der Waals surface area contributed by atoms with Crippen molar-refractivity contribution in [2.75, 3.05) is 49.1 Å². The molecule has 254 valence electrons. The van der Waals surface area contributed by atoms with Crippen LogP contribution in [0.15, 0.2) is 84.9 Å². The van der Waals surface area contributed by atoms with Crippen LogP contribution in [0.4, 0.5) is 11.4 Å². The van der Waals surface area contributed by atoms with Crippen molar-refractivity contribution < 1.29 is 14.4 Å². The zero-order chi connectivity index (χ0) is 34.9. The molecule has 0 aromatic heterocycles. The summed E-state index contributed by atoms with van der Waals surface area (Å²) in [5.74, 6) is -0.0691. The van der Waals surface area contributed by atoms with Gasteiger partial charge in [-0.05, 0) is 105 Å². The van der Waals surface area contributed by atoms with Gasteiger partial charge in [0, 0.05) is 44.0 Å². The summed E-state index contributed by atoms with van der Waals surface area (Å²) in [4.78, 5) is 49.1. The van der Waals surface area contributed by atoms with E-state index in [9.17, 15) is 19.6 Å². The normalized spacial score (nSPS) is 18.0.